The minimum atomic E-state index is -0.223. The highest BCUT2D eigenvalue weighted by molar-refractivity contribution is 7.10. The molecule has 0 saturated carbocycles. The molecule has 0 atom stereocenters. The quantitative estimate of drug-likeness (QED) is 0.789. The average Bonchev–Trinajstić information content (AvgIpc) is 2.67. The van der Waals surface area contributed by atoms with Crippen molar-refractivity contribution in [2.45, 2.75) is 13.3 Å². The van der Waals surface area contributed by atoms with Crippen LogP contribution >= 0.6 is 11.3 Å². The number of hydrogen-bond acceptors (Lipinski definition) is 4. The van der Waals surface area contributed by atoms with Gasteiger partial charge in [-0.25, -0.2) is 4.98 Å². The normalized spacial score (nSPS) is 10.1. The summed E-state index contributed by atoms with van der Waals surface area (Å²) >= 11 is 1.42. The smallest absolute Gasteiger partial charge is 0.271 e. The molecule has 78 valence electrons. The van der Waals surface area contributed by atoms with Gasteiger partial charge < -0.3 is 5.32 Å². The number of hydrogen-bond donors (Lipinski definition) is 1. The lowest BCUT2D eigenvalue weighted by Gasteiger charge is -1.99. The van der Waals surface area contributed by atoms with Gasteiger partial charge in [0.25, 0.3) is 5.91 Å². The largest absolute Gasteiger partial charge is 0.350 e. The van der Waals surface area contributed by atoms with Crippen LogP contribution < -0.4 is 5.32 Å². The third-order valence-corrected chi connectivity index (χ3v) is 2.44. The van der Waals surface area contributed by atoms with Crippen molar-refractivity contribution in [3.63, 3.8) is 0 Å². The first-order valence-electron chi connectivity index (χ1n) is 4.51. The Balaban J connectivity index is 2.65. The zero-order valence-corrected chi connectivity index (χ0v) is 9.17. The molecule has 0 aromatic carbocycles. The molecule has 1 aromatic rings. The Morgan fingerprint density at radius 2 is 2.60 bits per heavy atom. The fourth-order valence-electron chi connectivity index (χ4n) is 1.01. The van der Waals surface area contributed by atoms with Gasteiger partial charge in [0.2, 0.25) is 0 Å². The van der Waals surface area contributed by atoms with Crippen LogP contribution in [0.3, 0.4) is 0 Å². The van der Waals surface area contributed by atoms with Crippen molar-refractivity contribution < 1.29 is 4.79 Å². The highest BCUT2D eigenvalue weighted by atomic mass is 32.1. The average molecular weight is 221 g/mol. The van der Waals surface area contributed by atoms with Crippen LogP contribution in [0, 0.1) is 11.3 Å². The molecule has 0 spiro atoms. The molecule has 0 aliphatic rings. The molecule has 0 unspecified atom stereocenters. The number of thiazole rings is 1. The van der Waals surface area contributed by atoms with E-state index in [2.05, 4.69) is 10.3 Å². The van der Waals surface area contributed by atoms with Crippen molar-refractivity contribution >= 4 is 23.3 Å². The molecule has 0 radical (unpaired) electrons. The topological polar surface area (TPSA) is 65.8 Å². The Morgan fingerprint density at radius 3 is 3.27 bits per heavy atom. The summed E-state index contributed by atoms with van der Waals surface area (Å²) in [4.78, 5) is 16.4. The van der Waals surface area contributed by atoms with Crippen LogP contribution in [0.2, 0.25) is 0 Å². The number of allylic oxidation sites excluding steroid dienone is 1. The molecule has 1 amide bonds. The highest BCUT2D eigenvalue weighted by Gasteiger charge is 2.11. The monoisotopic (exact) mass is 221 g/mol. The number of carbonyl (C=O) groups excluding carboxylic acids is 1. The molecule has 0 aliphatic carbocycles. The van der Waals surface area contributed by atoms with Gasteiger partial charge in [-0.2, -0.15) is 5.26 Å². The van der Waals surface area contributed by atoms with Gasteiger partial charge in [-0.3, -0.25) is 4.79 Å². The van der Waals surface area contributed by atoms with Crippen molar-refractivity contribution in [1.82, 2.24) is 10.3 Å². The number of nitrogens with one attached hydrogen (secondary N) is 1. The molecule has 0 aliphatic heterocycles. The van der Waals surface area contributed by atoms with E-state index < -0.39 is 0 Å². The molecule has 1 N–H and O–H groups in total. The summed E-state index contributed by atoms with van der Waals surface area (Å²) in [5.41, 5.74) is 2.06. The molecule has 1 aromatic heterocycles. The van der Waals surface area contributed by atoms with Gasteiger partial charge in [0.1, 0.15) is 5.69 Å². The zero-order valence-electron chi connectivity index (χ0n) is 8.36. The van der Waals surface area contributed by atoms with Crippen LogP contribution in [0.15, 0.2) is 11.6 Å². The summed E-state index contributed by atoms with van der Waals surface area (Å²) in [6.45, 7) is 2.25. The molecule has 1 heterocycles. The second kappa shape index (κ2) is 5.94. The van der Waals surface area contributed by atoms with Crippen molar-refractivity contribution in [2.24, 2.45) is 0 Å². The summed E-state index contributed by atoms with van der Waals surface area (Å²) in [6.07, 6.45) is 4.02. The molecule has 4 nitrogen and oxygen atoms in total. The molecule has 0 fully saturated rings. The van der Waals surface area contributed by atoms with E-state index >= 15 is 0 Å². The molecule has 5 heteroatoms. The standard InChI is InChI=1S/C10H11N3OS/c1-2-4-8-9(13-7-15-8)10(14)12-6-3-5-11/h2,4,7H,3,6H2,1H3,(H,12,14)/b4-2-. The van der Waals surface area contributed by atoms with Gasteiger partial charge in [-0.15, -0.1) is 11.3 Å². The lowest BCUT2D eigenvalue weighted by Crippen LogP contribution is -2.25. The lowest BCUT2D eigenvalue weighted by molar-refractivity contribution is 0.0950. The number of amides is 1. The van der Waals surface area contributed by atoms with Crippen LogP contribution in [0.4, 0.5) is 0 Å². The maximum Gasteiger partial charge on any atom is 0.271 e. The maximum absolute atomic E-state index is 11.6. The third-order valence-electron chi connectivity index (χ3n) is 1.65. The number of nitriles is 1. The molecule has 0 saturated heterocycles. The van der Waals surface area contributed by atoms with E-state index in [4.69, 9.17) is 5.26 Å². The number of aromatic nitrogens is 1. The SMILES string of the molecule is C/C=C\c1scnc1C(=O)NCCC#N. The van der Waals surface area contributed by atoms with E-state index in [1.54, 1.807) is 5.51 Å². The number of carbonyl (C=O) groups is 1. The van der Waals surface area contributed by atoms with Gasteiger partial charge in [0.05, 0.1) is 22.9 Å². The van der Waals surface area contributed by atoms with Gasteiger partial charge in [-0.1, -0.05) is 6.08 Å². The highest BCUT2D eigenvalue weighted by Crippen LogP contribution is 2.14. The summed E-state index contributed by atoms with van der Waals surface area (Å²) in [5.74, 6) is -0.223. The van der Waals surface area contributed by atoms with E-state index in [-0.39, 0.29) is 5.91 Å². The first-order chi connectivity index (χ1) is 7.29. The molecular formula is C10H11N3OS. The second-order valence-corrected chi connectivity index (χ2v) is 3.62. The minimum Gasteiger partial charge on any atom is -0.350 e. The van der Waals surface area contributed by atoms with Gasteiger partial charge in [-0.05, 0) is 13.0 Å². The first-order valence-corrected chi connectivity index (χ1v) is 5.39. The second-order valence-electron chi connectivity index (χ2n) is 2.73. The Bertz CT molecular complexity index is 403. The predicted octanol–water partition coefficient (Wildman–Crippen LogP) is 1.82. The third kappa shape index (κ3) is 3.18. The number of nitrogens with zero attached hydrogens (tertiary/aromatic N) is 2. The summed E-state index contributed by atoms with van der Waals surface area (Å²) in [6, 6.07) is 1.96. The van der Waals surface area contributed by atoms with Gasteiger partial charge in [0.15, 0.2) is 0 Å². The molecule has 0 bridgehead atoms. The number of rotatable bonds is 4. The Labute approximate surface area is 92.3 Å². The fraction of sp³-hybridized carbons (Fsp3) is 0.300. The lowest BCUT2D eigenvalue weighted by atomic mass is 10.3. The molecule has 1 rings (SSSR count). The minimum absolute atomic E-state index is 0.223. The fourth-order valence-corrected chi connectivity index (χ4v) is 1.75. The summed E-state index contributed by atoms with van der Waals surface area (Å²) in [7, 11) is 0. The van der Waals surface area contributed by atoms with E-state index in [9.17, 15) is 4.79 Å². The van der Waals surface area contributed by atoms with Crippen LogP contribution in [0.5, 0.6) is 0 Å². The zero-order chi connectivity index (χ0) is 11.1. The van der Waals surface area contributed by atoms with Gasteiger partial charge in [0, 0.05) is 6.54 Å². The molecule has 15 heavy (non-hydrogen) atoms. The van der Waals surface area contributed by atoms with Crippen LogP contribution in [-0.4, -0.2) is 17.4 Å². The Hall–Kier alpha value is -1.67. The first kappa shape index (κ1) is 11.4. The van der Waals surface area contributed by atoms with Crippen LogP contribution in [0.1, 0.15) is 28.7 Å². The van der Waals surface area contributed by atoms with Crippen molar-refractivity contribution in [1.29, 1.82) is 5.26 Å². The maximum atomic E-state index is 11.6. The Morgan fingerprint density at radius 1 is 1.80 bits per heavy atom. The Kier molecular flexibility index (Phi) is 4.51. The van der Waals surface area contributed by atoms with Crippen molar-refractivity contribution in [2.75, 3.05) is 6.54 Å². The van der Waals surface area contributed by atoms with E-state index in [1.807, 2.05) is 25.1 Å². The van der Waals surface area contributed by atoms with Crippen molar-refractivity contribution in [3.8, 4) is 6.07 Å². The van der Waals surface area contributed by atoms with E-state index in [0.717, 1.165) is 4.88 Å². The van der Waals surface area contributed by atoms with E-state index in [1.165, 1.54) is 11.3 Å². The van der Waals surface area contributed by atoms with Gasteiger partial charge >= 0.3 is 0 Å². The molecular weight excluding hydrogens is 210 g/mol. The summed E-state index contributed by atoms with van der Waals surface area (Å²) in [5, 5.41) is 11.0. The predicted molar refractivity (Wildman–Crippen MR) is 59.4 cm³/mol. The van der Waals surface area contributed by atoms with Crippen molar-refractivity contribution in [3.05, 3.63) is 22.2 Å². The van der Waals surface area contributed by atoms with Crippen LogP contribution in [0.25, 0.3) is 6.08 Å². The van der Waals surface area contributed by atoms with E-state index in [0.29, 0.717) is 18.7 Å². The van der Waals surface area contributed by atoms with Crippen LogP contribution in [-0.2, 0) is 0 Å². The summed E-state index contributed by atoms with van der Waals surface area (Å²) < 4.78 is 0.